The van der Waals surface area contributed by atoms with Gasteiger partial charge in [-0.3, -0.25) is 4.79 Å². The second-order valence-corrected chi connectivity index (χ2v) is 10.7. The van der Waals surface area contributed by atoms with E-state index >= 15 is 0 Å². The van der Waals surface area contributed by atoms with E-state index in [9.17, 15) is 9.90 Å². The molecule has 0 amide bonds. The van der Waals surface area contributed by atoms with Crippen LogP contribution in [0.3, 0.4) is 0 Å². The third kappa shape index (κ3) is 3.15. The van der Waals surface area contributed by atoms with Crippen molar-refractivity contribution in [2.45, 2.75) is 79.4 Å². The molecule has 158 valence electrons. The van der Waals surface area contributed by atoms with Gasteiger partial charge in [-0.25, -0.2) is 0 Å². The smallest absolute Gasteiger partial charge is 0.246 e. The lowest BCUT2D eigenvalue weighted by atomic mass is 9.48. The number of carbonyl (C=O) groups is 1. The van der Waals surface area contributed by atoms with Gasteiger partial charge in [-0.1, -0.05) is 45.8 Å². The Labute approximate surface area is 174 Å². The zero-order chi connectivity index (χ0) is 21.2. The number of fused-ring (bicyclic) bond motifs is 2. The Kier molecular flexibility index (Phi) is 4.56. The van der Waals surface area contributed by atoms with Crippen molar-refractivity contribution < 1.29 is 19.4 Å². The quantitative estimate of drug-likeness (QED) is 0.589. The Morgan fingerprint density at radius 3 is 2.52 bits per heavy atom. The molecule has 1 aromatic rings. The molecule has 2 aliphatic carbocycles. The molecular formula is C25H34O4. The van der Waals surface area contributed by atoms with Crippen LogP contribution in [0.25, 0.3) is 6.08 Å². The average Bonchev–Trinajstić information content (AvgIpc) is 2.91. The summed E-state index contributed by atoms with van der Waals surface area (Å²) in [6.45, 7) is 13.1. The first-order chi connectivity index (χ1) is 13.5. The van der Waals surface area contributed by atoms with Gasteiger partial charge in [0.2, 0.25) is 5.79 Å². The van der Waals surface area contributed by atoms with E-state index in [1.807, 2.05) is 6.07 Å². The van der Waals surface area contributed by atoms with Crippen LogP contribution >= 0.6 is 0 Å². The maximum atomic E-state index is 11.8. The second-order valence-electron chi connectivity index (χ2n) is 10.7. The van der Waals surface area contributed by atoms with Gasteiger partial charge in [-0.05, 0) is 54.4 Å². The molecule has 0 unspecified atom stereocenters. The second kappa shape index (κ2) is 6.52. The van der Waals surface area contributed by atoms with Crippen molar-refractivity contribution in [2.75, 3.05) is 0 Å². The van der Waals surface area contributed by atoms with Crippen molar-refractivity contribution in [3.05, 3.63) is 22.8 Å². The summed E-state index contributed by atoms with van der Waals surface area (Å²) in [5, 5.41) is 10.9. The van der Waals surface area contributed by atoms with Crippen molar-refractivity contribution >= 4 is 12.4 Å². The van der Waals surface area contributed by atoms with Gasteiger partial charge < -0.3 is 14.6 Å². The van der Waals surface area contributed by atoms with Crippen LogP contribution < -0.4 is 9.47 Å². The SMILES string of the molecule is C[C@H]1CC[C@H]2C(C)(C)CCC[C@]2(C)/C1=C/c1cc2c(c(C=O)c1O)OC(C)(C)O2. The summed E-state index contributed by atoms with van der Waals surface area (Å²) < 4.78 is 11.7. The summed E-state index contributed by atoms with van der Waals surface area (Å²) in [6.07, 6.45) is 8.89. The van der Waals surface area contributed by atoms with Crippen molar-refractivity contribution in [1.29, 1.82) is 0 Å². The minimum absolute atomic E-state index is 0.0134. The molecule has 0 spiro atoms. The molecule has 1 aliphatic heterocycles. The third-order valence-corrected chi connectivity index (χ3v) is 7.72. The van der Waals surface area contributed by atoms with Gasteiger partial charge in [0.15, 0.2) is 17.8 Å². The Balaban J connectivity index is 1.84. The van der Waals surface area contributed by atoms with Crippen LogP contribution in [-0.4, -0.2) is 17.2 Å². The topological polar surface area (TPSA) is 55.8 Å². The van der Waals surface area contributed by atoms with Gasteiger partial charge in [-0.15, -0.1) is 0 Å². The highest BCUT2D eigenvalue weighted by Crippen LogP contribution is 2.61. The van der Waals surface area contributed by atoms with Crippen LogP contribution in [0.1, 0.15) is 89.6 Å². The maximum absolute atomic E-state index is 11.8. The van der Waals surface area contributed by atoms with E-state index in [1.54, 1.807) is 13.8 Å². The van der Waals surface area contributed by atoms with E-state index in [2.05, 4.69) is 33.8 Å². The molecule has 2 fully saturated rings. The van der Waals surface area contributed by atoms with Gasteiger partial charge in [0.05, 0.1) is 0 Å². The molecule has 2 saturated carbocycles. The first-order valence-corrected chi connectivity index (χ1v) is 10.9. The van der Waals surface area contributed by atoms with E-state index in [0.717, 1.165) is 6.42 Å². The fraction of sp³-hybridized carbons (Fsp3) is 0.640. The number of rotatable bonds is 2. The predicted octanol–water partition coefficient (Wildman–Crippen LogP) is 6.36. The van der Waals surface area contributed by atoms with Gasteiger partial charge in [-0.2, -0.15) is 0 Å². The van der Waals surface area contributed by atoms with E-state index in [4.69, 9.17) is 9.47 Å². The number of carbonyl (C=O) groups excluding carboxylic acids is 1. The molecule has 0 saturated heterocycles. The van der Waals surface area contributed by atoms with Crippen molar-refractivity contribution in [3.63, 3.8) is 0 Å². The number of aromatic hydroxyl groups is 1. The van der Waals surface area contributed by atoms with Gasteiger partial charge in [0.25, 0.3) is 0 Å². The van der Waals surface area contributed by atoms with E-state index < -0.39 is 5.79 Å². The molecular weight excluding hydrogens is 364 g/mol. The van der Waals surface area contributed by atoms with Crippen LogP contribution in [0.4, 0.5) is 0 Å². The number of benzene rings is 1. The average molecular weight is 399 g/mol. The molecule has 1 N–H and O–H groups in total. The zero-order valence-corrected chi connectivity index (χ0v) is 18.6. The van der Waals surface area contributed by atoms with Crippen LogP contribution in [0.15, 0.2) is 11.6 Å². The molecule has 1 heterocycles. The Hall–Kier alpha value is -1.97. The summed E-state index contributed by atoms with van der Waals surface area (Å²) in [6, 6.07) is 1.83. The van der Waals surface area contributed by atoms with Crippen LogP contribution in [-0.2, 0) is 0 Å². The largest absolute Gasteiger partial charge is 0.506 e. The Morgan fingerprint density at radius 2 is 1.83 bits per heavy atom. The number of allylic oxidation sites excluding steroid dienone is 1. The summed E-state index contributed by atoms with van der Waals surface area (Å²) in [7, 11) is 0. The summed E-state index contributed by atoms with van der Waals surface area (Å²) in [5.41, 5.74) is 2.66. The summed E-state index contributed by atoms with van der Waals surface area (Å²) >= 11 is 0. The van der Waals surface area contributed by atoms with Crippen LogP contribution in [0, 0.1) is 22.7 Å². The molecule has 4 rings (SSSR count). The van der Waals surface area contributed by atoms with Crippen LogP contribution in [0.2, 0.25) is 0 Å². The fourth-order valence-corrected chi connectivity index (χ4v) is 6.39. The van der Waals surface area contributed by atoms with E-state index in [0.29, 0.717) is 40.6 Å². The lowest BCUT2D eigenvalue weighted by molar-refractivity contribution is -0.0433. The van der Waals surface area contributed by atoms with Gasteiger partial charge in [0, 0.05) is 19.4 Å². The molecule has 0 aromatic heterocycles. The lowest BCUT2D eigenvalue weighted by Gasteiger charge is -2.56. The molecule has 0 radical (unpaired) electrons. The van der Waals surface area contributed by atoms with E-state index in [1.165, 1.54) is 31.3 Å². The monoisotopic (exact) mass is 398 g/mol. The fourth-order valence-electron chi connectivity index (χ4n) is 6.39. The van der Waals surface area contributed by atoms with Gasteiger partial charge in [0.1, 0.15) is 11.3 Å². The molecule has 29 heavy (non-hydrogen) atoms. The number of hydrogen-bond donors (Lipinski definition) is 1. The molecule has 4 nitrogen and oxygen atoms in total. The highest BCUT2D eigenvalue weighted by atomic mass is 16.7. The predicted molar refractivity (Wildman–Crippen MR) is 114 cm³/mol. The van der Waals surface area contributed by atoms with E-state index in [-0.39, 0.29) is 16.7 Å². The van der Waals surface area contributed by atoms with Crippen molar-refractivity contribution in [2.24, 2.45) is 22.7 Å². The number of phenolic OH excluding ortho intramolecular Hbond substituents is 1. The molecule has 1 aromatic carbocycles. The van der Waals surface area contributed by atoms with Crippen LogP contribution in [0.5, 0.6) is 17.2 Å². The first-order valence-electron chi connectivity index (χ1n) is 10.9. The minimum Gasteiger partial charge on any atom is -0.506 e. The minimum atomic E-state index is -0.846. The Morgan fingerprint density at radius 1 is 1.10 bits per heavy atom. The van der Waals surface area contributed by atoms with Gasteiger partial charge >= 0.3 is 0 Å². The first kappa shape index (κ1) is 20.3. The number of ether oxygens (including phenoxy) is 2. The summed E-state index contributed by atoms with van der Waals surface area (Å²) in [4.78, 5) is 11.8. The third-order valence-electron chi connectivity index (χ3n) is 7.72. The molecule has 0 bridgehead atoms. The van der Waals surface area contributed by atoms with Crippen molar-refractivity contribution in [1.82, 2.24) is 0 Å². The lowest BCUT2D eigenvalue weighted by Crippen LogP contribution is -2.47. The Bertz CT molecular complexity index is 879. The van der Waals surface area contributed by atoms with Crippen molar-refractivity contribution in [3.8, 4) is 17.2 Å². The highest BCUT2D eigenvalue weighted by molar-refractivity contribution is 5.89. The number of aldehydes is 1. The highest BCUT2D eigenvalue weighted by Gasteiger charge is 2.51. The molecule has 3 atom stereocenters. The normalized spacial score (nSPS) is 33.4. The summed E-state index contributed by atoms with van der Waals surface area (Å²) in [5.74, 6) is 1.08. The maximum Gasteiger partial charge on any atom is 0.246 e. The molecule has 4 heteroatoms. The zero-order valence-electron chi connectivity index (χ0n) is 18.6. The number of hydrogen-bond acceptors (Lipinski definition) is 4. The number of phenols is 1. The standard InChI is InChI=1S/C25H34O4/c1-15-8-9-20-23(2,3)10-7-11-25(20,6)18(15)12-16-13-19-22(17(14-26)21(16)27)29-24(4,5)28-19/h12-15,20,27H,7-11H2,1-6H3/b18-12+/t15-,20-,25+/m0/s1. The molecule has 3 aliphatic rings.